The van der Waals surface area contributed by atoms with E-state index in [4.69, 9.17) is 24.7 Å². The Morgan fingerprint density at radius 2 is 1.62 bits per heavy atom. The number of aliphatic hydroxyl groups is 6. The van der Waals surface area contributed by atoms with E-state index in [2.05, 4.69) is 10.6 Å². The van der Waals surface area contributed by atoms with Crippen LogP contribution in [-0.2, 0) is 38.1 Å². The van der Waals surface area contributed by atoms with Gasteiger partial charge in [0.2, 0.25) is 11.8 Å². The largest absolute Gasteiger partial charge is 0.480 e. The molecule has 0 spiro atoms. The third-order valence-corrected chi connectivity index (χ3v) is 6.88. The molecule has 19 heteroatoms. The average molecular weight is 614 g/mol. The van der Waals surface area contributed by atoms with Gasteiger partial charge in [0.1, 0.15) is 48.7 Å². The standard InChI is InChI=1S/C23H39N3O16/c1-7(13(24)20(35)36)39-21-15(26-9(3)30)19(17(34)12(6-28)40-21)42-23(22(37)38)4-10(31)14(25-8(2)29)18(41-23)16(33)11(32)5-27/h7,10-19,21,27-28,31-34H,4-6,24H2,1-3H3,(H,25,29)(H,26,30)(H,35,36)(H,37,38)/t7-,10+,11-,12-,13+,14-,15-,16-,17+,18-,19-,21+,23+/m1/s1. The Morgan fingerprint density at radius 1 is 1.05 bits per heavy atom. The summed E-state index contributed by atoms with van der Waals surface area (Å²) < 4.78 is 22.4. The fraction of sp³-hybridized carbons (Fsp3) is 0.826. The highest BCUT2D eigenvalue weighted by molar-refractivity contribution is 5.77. The molecule has 12 N–H and O–H groups in total. The lowest BCUT2D eigenvalue weighted by Gasteiger charge is -2.51. The van der Waals surface area contributed by atoms with Crippen molar-refractivity contribution >= 4 is 23.8 Å². The monoisotopic (exact) mass is 613 g/mol. The van der Waals surface area contributed by atoms with E-state index in [9.17, 15) is 60.0 Å². The molecule has 42 heavy (non-hydrogen) atoms. The summed E-state index contributed by atoms with van der Waals surface area (Å²) in [6, 6.07) is -4.72. The van der Waals surface area contributed by atoms with Crippen LogP contribution in [-0.4, -0.2) is 157 Å². The molecular weight excluding hydrogens is 574 g/mol. The first-order valence-electron chi connectivity index (χ1n) is 12.9. The molecule has 2 amide bonds. The van der Waals surface area contributed by atoms with Crippen LogP contribution in [0.25, 0.3) is 0 Å². The van der Waals surface area contributed by atoms with Crippen molar-refractivity contribution in [2.45, 2.75) is 106 Å². The van der Waals surface area contributed by atoms with Crippen molar-refractivity contribution in [2.24, 2.45) is 5.73 Å². The maximum atomic E-state index is 12.6. The molecule has 19 nitrogen and oxygen atoms in total. The summed E-state index contributed by atoms with van der Waals surface area (Å²) in [6.45, 7) is 1.42. The highest BCUT2D eigenvalue weighted by Crippen LogP contribution is 2.37. The van der Waals surface area contributed by atoms with Gasteiger partial charge in [-0.25, -0.2) is 4.79 Å². The highest BCUT2D eigenvalue weighted by Gasteiger charge is 2.59. The number of amides is 2. The molecule has 0 aromatic rings. The quantitative estimate of drug-likeness (QED) is 0.0920. The predicted molar refractivity (Wildman–Crippen MR) is 133 cm³/mol. The van der Waals surface area contributed by atoms with Gasteiger partial charge in [0.25, 0.3) is 5.79 Å². The second-order valence-corrected chi connectivity index (χ2v) is 10.1. The van der Waals surface area contributed by atoms with E-state index in [-0.39, 0.29) is 0 Å². The molecule has 2 fully saturated rings. The van der Waals surface area contributed by atoms with Gasteiger partial charge >= 0.3 is 11.9 Å². The molecule has 0 bridgehead atoms. The summed E-state index contributed by atoms with van der Waals surface area (Å²) in [7, 11) is 0. The van der Waals surface area contributed by atoms with Gasteiger partial charge < -0.3 is 76.2 Å². The molecule has 0 unspecified atom stereocenters. The lowest BCUT2D eigenvalue weighted by Crippen LogP contribution is -2.72. The van der Waals surface area contributed by atoms with Crippen LogP contribution in [0.4, 0.5) is 0 Å². The molecule has 0 aliphatic carbocycles. The van der Waals surface area contributed by atoms with Crippen LogP contribution >= 0.6 is 0 Å². The molecule has 0 aromatic heterocycles. The van der Waals surface area contributed by atoms with Crippen molar-refractivity contribution in [1.29, 1.82) is 0 Å². The maximum absolute atomic E-state index is 12.6. The van der Waals surface area contributed by atoms with Crippen molar-refractivity contribution in [3.63, 3.8) is 0 Å². The maximum Gasteiger partial charge on any atom is 0.364 e. The SMILES string of the molecule is CC(=O)N[C@H]1[C@@H](O[C@H](C)[C@H](N)C(=O)O)O[C@H](CO)[C@H](O)[C@@H]1O[C@]1(C(=O)O)C[C@H](O)[C@@H](NC(C)=O)[C@H]([C@H](O)[C@H](O)CO)O1. The average Bonchev–Trinajstić information content (AvgIpc) is 2.91. The van der Waals surface area contributed by atoms with Crippen molar-refractivity contribution in [3.8, 4) is 0 Å². The number of hydrogen-bond acceptors (Lipinski definition) is 15. The molecule has 0 aromatic carbocycles. The predicted octanol–water partition coefficient (Wildman–Crippen LogP) is -6.08. The number of nitrogens with one attached hydrogen (secondary N) is 2. The summed E-state index contributed by atoms with van der Waals surface area (Å²) in [6.07, 6.45) is -17.0. The number of carbonyl (C=O) groups is 4. The van der Waals surface area contributed by atoms with Crippen molar-refractivity contribution < 1.29 is 79.0 Å². The fourth-order valence-corrected chi connectivity index (χ4v) is 4.68. The van der Waals surface area contributed by atoms with Gasteiger partial charge in [0, 0.05) is 20.3 Å². The number of aliphatic hydroxyl groups excluding tert-OH is 6. The molecule has 0 saturated carbocycles. The Bertz CT molecular complexity index is 972. The summed E-state index contributed by atoms with van der Waals surface area (Å²) in [5, 5.41) is 85.7. The lowest BCUT2D eigenvalue weighted by molar-refractivity contribution is -0.357. The van der Waals surface area contributed by atoms with Crippen LogP contribution in [0.15, 0.2) is 0 Å². The van der Waals surface area contributed by atoms with E-state index in [1.165, 1.54) is 6.92 Å². The van der Waals surface area contributed by atoms with Crippen LogP contribution in [0.2, 0.25) is 0 Å². The third kappa shape index (κ3) is 8.08. The number of nitrogens with two attached hydrogens (primary N) is 1. The number of aliphatic carboxylic acids is 2. The minimum Gasteiger partial charge on any atom is -0.480 e. The molecule has 2 aliphatic rings. The van der Waals surface area contributed by atoms with Crippen LogP contribution < -0.4 is 16.4 Å². The normalized spacial score (nSPS) is 36.2. The molecule has 2 heterocycles. The number of carbonyl (C=O) groups excluding carboxylic acids is 2. The number of rotatable bonds is 13. The van der Waals surface area contributed by atoms with Crippen molar-refractivity contribution in [3.05, 3.63) is 0 Å². The van der Waals surface area contributed by atoms with Gasteiger partial charge in [0.05, 0.1) is 31.5 Å². The van der Waals surface area contributed by atoms with Crippen LogP contribution in [0, 0.1) is 0 Å². The Kier molecular flexibility index (Phi) is 12.5. The Hall–Kier alpha value is -2.56. The molecule has 2 saturated heterocycles. The first-order valence-corrected chi connectivity index (χ1v) is 12.9. The van der Waals surface area contributed by atoms with Crippen molar-refractivity contribution in [2.75, 3.05) is 13.2 Å². The number of carboxylic acid groups (broad SMARTS) is 2. The van der Waals surface area contributed by atoms with Gasteiger partial charge in [-0.05, 0) is 6.92 Å². The number of carboxylic acids is 2. The molecular formula is C23H39N3O16. The van der Waals surface area contributed by atoms with E-state index in [0.717, 1.165) is 13.8 Å². The fourth-order valence-electron chi connectivity index (χ4n) is 4.68. The second-order valence-electron chi connectivity index (χ2n) is 10.1. The summed E-state index contributed by atoms with van der Waals surface area (Å²) in [5.74, 6) is -7.83. The van der Waals surface area contributed by atoms with E-state index >= 15 is 0 Å². The topological polar surface area (TPSA) is 317 Å². The summed E-state index contributed by atoms with van der Waals surface area (Å²) in [4.78, 5) is 47.8. The van der Waals surface area contributed by atoms with E-state index < -0.39 is 122 Å². The van der Waals surface area contributed by atoms with Gasteiger partial charge in [-0.3, -0.25) is 14.4 Å². The first-order chi connectivity index (χ1) is 19.5. The molecule has 13 atom stereocenters. The molecule has 2 rings (SSSR count). The van der Waals surface area contributed by atoms with Crippen molar-refractivity contribution in [1.82, 2.24) is 10.6 Å². The van der Waals surface area contributed by atoms with E-state index in [0.29, 0.717) is 0 Å². The first kappa shape index (κ1) is 35.6. The number of hydrogen-bond donors (Lipinski definition) is 11. The molecule has 242 valence electrons. The lowest BCUT2D eigenvalue weighted by atomic mass is 9.88. The van der Waals surface area contributed by atoms with Gasteiger partial charge in [-0.15, -0.1) is 0 Å². The number of ether oxygens (including phenoxy) is 4. The van der Waals surface area contributed by atoms with Gasteiger partial charge in [-0.1, -0.05) is 0 Å². The van der Waals surface area contributed by atoms with Crippen LogP contribution in [0.3, 0.4) is 0 Å². The molecule has 0 radical (unpaired) electrons. The second kappa shape index (κ2) is 14.8. The highest BCUT2D eigenvalue weighted by atomic mass is 16.7. The van der Waals surface area contributed by atoms with E-state index in [1.807, 2.05) is 0 Å². The van der Waals surface area contributed by atoms with Gasteiger partial charge in [0.15, 0.2) is 6.29 Å². The zero-order valence-corrected chi connectivity index (χ0v) is 23.0. The van der Waals surface area contributed by atoms with Crippen LogP contribution in [0.5, 0.6) is 0 Å². The van der Waals surface area contributed by atoms with Crippen LogP contribution in [0.1, 0.15) is 27.2 Å². The van der Waals surface area contributed by atoms with E-state index in [1.54, 1.807) is 0 Å². The zero-order valence-electron chi connectivity index (χ0n) is 23.0. The smallest absolute Gasteiger partial charge is 0.364 e. The molecule has 2 aliphatic heterocycles. The minimum atomic E-state index is -2.96. The van der Waals surface area contributed by atoms with Gasteiger partial charge in [-0.2, -0.15) is 0 Å². The minimum absolute atomic E-state index is 0.730. The Balaban J connectivity index is 2.57. The third-order valence-electron chi connectivity index (χ3n) is 6.88. The summed E-state index contributed by atoms with van der Waals surface area (Å²) >= 11 is 0. The Morgan fingerprint density at radius 3 is 2.10 bits per heavy atom. The Labute approximate surface area is 239 Å². The zero-order chi connectivity index (χ0) is 32.1. The summed E-state index contributed by atoms with van der Waals surface area (Å²) in [5.41, 5.74) is 5.59.